The van der Waals surface area contributed by atoms with Crippen molar-refractivity contribution in [1.82, 2.24) is 10.2 Å². The Morgan fingerprint density at radius 3 is 2.39 bits per heavy atom. The van der Waals surface area contributed by atoms with E-state index in [0.29, 0.717) is 17.0 Å². The molecule has 0 aromatic heterocycles. The zero-order valence-electron chi connectivity index (χ0n) is 18.5. The molecule has 31 heavy (non-hydrogen) atoms. The SMILES string of the molecule is CC(C(=O)NC(C)(C)C)N(Cc1ccccc1F)C(=O)CCCSc1ccc(Cl)cc1. The van der Waals surface area contributed by atoms with Crippen LogP contribution in [0.1, 0.15) is 46.1 Å². The van der Waals surface area contributed by atoms with Gasteiger partial charge in [-0.1, -0.05) is 29.8 Å². The third kappa shape index (κ3) is 8.54. The van der Waals surface area contributed by atoms with Gasteiger partial charge in [0.2, 0.25) is 11.8 Å². The molecule has 2 aromatic rings. The van der Waals surface area contributed by atoms with E-state index in [9.17, 15) is 14.0 Å². The number of carbonyl (C=O) groups is 2. The van der Waals surface area contributed by atoms with Crippen LogP contribution in [0.25, 0.3) is 0 Å². The van der Waals surface area contributed by atoms with Gasteiger partial charge >= 0.3 is 0 Å². The molecule has 4 nitrogen and oxygen atoms in total. The molecular formula is C24H30ClFN2O2S. The maximum Gasteiger partial charge on any atom is 0.242 e. The van der Waals surface area contributed by atoms with E-state index in [2.05, 4.69) is 5.32 Å². The van der Waals surface area contributed by atoms with Crippen LogP contribution in [0.3, 0.4) is 0 Å². The van der Waals surface area contributed by atoms with Crippen molar-refractivity contribution in [3.8, 4) is 0 Å². The van der Waals surface area contributed by atoms with E-state index in [-0.39, 0.29) is 30.6 Å². The maximum atomic E-state index is 14.2. The van der Waals surface area contributed by atoms with E-state index >= 15 is 0 Å². The van der Waals surface area contributed by atoms with Gasteiger partial charge < -0.3 is 10.2 Å². The molecule has 1 N–H and O–H groups in total. The van der Waals surface area contributed by atoms with Gasteiger partial charge in [0.1, 0.15) is 11.9 Å². The Kier molecular flexibility index (Phi) is 9.38. The van der Waals surface area contributed by atoms with Crippen LogP contribution in [-0.4, -0.2) is 34.0 Å². The minimum absolute atomic E-state index is 0.0502. The van der Waals surface area contributed by atoms with Crippen molar-refractivity contribution in [3.05, 3.63) is 64.9 Å². The minimum Gasteiger partial charge on any atom is -0.350 e. The Bertz CT molecular complexity index is 884. The van der Waals surface area contributed by atoms with Crippen LogP contribution in [0, 0.1) is 5.82 Å². The monoisotopic (exact) mass is 464 g/mol. The molecule has 1 atom stereocenters. The van der Waals surface area contributed by atoms with Crippen LogP contribution in [0.5, 0.6) is 0 Å². The molecule has 168 valence electrons. The Hall–Kier alpha value is -2.05. The molecule has 0 saturated heterocycles. The largest absolute Gasteiger partial charge is 0.350 e. The molecule has 0 fully saturated rings. The highest BCUT2D eigenvalue weighted by atomic mass is 35.5. The number of hydrogen-bond acceptors (Lipinski definition) is 3. The third-order valence-corrected chi connectivity index (χ3v) is 5.93. The number of thioether (sulfide) groups is 1. The van der Waals surface area contributed by atoms with E-state index in [1.165, 1.54) is 11.0 Å². The minimum atomic E-state index is -0.713. The second-order valence-corrected chi connectivity index (χ2v) is 10.0. The Morgan fingerprint density at radius 2 is 1.77 bits per heavy atom. The molecule has 0 aliphatic heterocycles. The molecule has 2 amide bonds. The average molecular weight is 465 g/mol. The topological polar surface area (TPSA) is 49.4 Å². The van der Waals surface area contributed by atoms with Crippen LogP contribution in [0.15, 0.2) is 53.4 Å². The molecule has 0 heterocycles. The summed E-state index contributed by atoms with van der Waals surface area (Å²) in [6.45, 7) is 7.38. The lowest BCUT2D eigenvalue weighted by Gasteiger charge is -2.31. The van der Waals surface area contributed by atoms with Crippen LogP contribution in [-0.2, 0) is 16.1 Å². The number of amides is 2. The Morgan fingerprint density at radius 1 is 1.13 bits per heavy atom. The van der Waals surface area contributed by atoms with Crippen LogP contribution in [0.2, 0.25) is 5.02 Å². The molecule has 1 unspecified atom stereocenters. The van der Waals surface area contributed by atoms with E-state index < -0.39 is 11.6 Å². The van der Waals surface area contributed by atoms with Crippen LogP contribution in [0.4, 0.5) is 4.39 Å². The zero-order chi connectivity index (χ0) is 23.0. The Labute approximate surface area is 193 Å². The molecular weight excluding hydrogens is 435 g/mol. The summed E-state index contributed by atoms with van der Waals surface area (Å²) in [4.78, 5) is 28.3. The fourth-order valence-corrected chi connectivity index (χ4v) is 3.93. The molecule has 0 radical (unpaired) electrons. The summed E-state index contributed by atoms with van der Waals surface area (Å²) in [6.07, 6.45) is 0.926. The highest BCUT2D eigenvalue weighted by Crippen LogP contribution is 2.22. The third-order valence-electron chi connectivity index (χ3n) is 4.58. The number of nitrogens with one attached hydrogen (secondary N) is 1. The molecule has 0 saturated carbocycles. The van der Waals surface area contributed by atoms with Crippen molar-refractivity contribution < 1.29 is 14.0 Å². The van der Waals surface area contributed by atoms with Crippen LogP contribution >= 0.6 is 23.4 Å². The normalized spacial score (nSPS) is 12.3. The van der Waals surface area contributed by atoms with Gasteiger partial charge in [-0.25, -0.2) is 4.39 Å². The van der Waals surface area contributed by atoms with Crippen molar-refractivity contribution in [1.29, 1.82) is 0 Å². The fraction of sp³-hybridized carbons (Fsp3) is 0.417. The van der Waals surface area contributed by atoms with Crippen molar-refractivity contribution in [3.63, 3.8) is 0 Å². The lowest BCUT2D eigenvalue weighted by molar-refractivity contribution is -0.141. The maximum absolute atomic E-state index is 14.2. The van der Waals surface area contributed by atoms with Gasteiger partial charge in [-0.15, -0.1) is 11.8 Å². The first-order valence-electron chi connectivity index (χ1n) is 10.3. The molecule has 2 aromatic carbocycles. The molecule has 0 aliphatic rings. The highest BCUT2D eigenvalue weighted by Gasteiger charge is 2.28. The molecule has 7 heteroatoms. The number of hydrogen-bond donors (Lipinski definition) is 1. The summed E-state index contributed by atoms with van der Waals surface area (Å²) in [7, 11) is 0. The van der Waals surface area contributed by atoms with Crippen molar-refractivity contribution in [2.24, 2.45) is 0 Å². The van der Waals surface area contributed by atoms with Crippen LogP contribution < -0.4 is 5.32 Å². The van der Waals surface area contributed by atoms with Gasteiger partial charge in [0.15, 0.2) is 0 Å². The first kappa shape index (κ1) is 25.2. The number of rotatable bonds is 9. The van der Waals surface area contributed by atoms with Gasteiger partial charge in [-0.3, -0.25) is 9.59 Å². The second kappa shape index (κ2) is 11.5. The van der Waals surface area contributed by atoms with E-state index in [1.54, 1.807) is 36.9 Å². The molecule has 0 spiro atoms. The van der Waals surface area contributed by atoms with Gasteiger partial charge in [0, 0.05) is 34.0 Å². The number of benzene rings is 2. The molecule has 2 rings (SSSR count). The van der Waals surface area contributed by atoms with Gasteiger partial charge in [-0.05, 0) is 70.2 Å². The number of halogens is 2. The first-order valence-corrected chi connectivity index (χ1v) is 11.7. The molecule has 0 bridgehead atoms. The lowest BCUT2D eigenvalue weighted by Crippen LogP contribution is -2.52. The summed E-state index contributed by atoms with van der Waals surface area (Å²) >= 11 is 7.55. The predicted molar refractivity (Wildman–Crippen MR) is 126 cm³/mol. The van der Waals surface area contributed by atoms with E-state index in [0.717, 1.165) is 10.6 Å². The standard InChI is InChI=1S/C24H30ClFN2O2S/c1-17(23(30)27-24(2,3)4)28(16-18-8-5-6-9-21(18)26)22(29)10-7-15-31-20-13-11-19(25)12-14-20/h5-6,8-9,11-14,17H,7,10,15-16H2,1-4H3,(H,27,30). The van der Waals surface area contributed by atoms with Gasteiger partial charge in [0.05, 0.1) is 0 Å². The second-order valence-electron chi connectivity index (χ2n) is 8.43. The zero-order valence-corrected chi connectivity index (χ0v) is 20.0. The Balaban J connectivity index is 2.03. The van der Waals surface area contributed by atoms with Crippen molar-refractivity contribution in [2.45, 2.75) is 63.6 Å². The summed E-state index contributed by atoms with van der Waals surface area (Å²) < 4.78 is 14.2. The van der Waals surface area contributed by atoms with E-state index in [1.807, 2.05) is 45.0 Å². The predicted octanol–water partition coefficient (Wildman–Crippen LogP) is 5.68. The van der Waals surface area contributed by atoms with Crippen molar-refractivity contribution in [2.75, 3.05) is 5.75 Å². The summed E-state index contributed by atoms with van der Waals surface area (Å²) in [5, 5.41) is 3.59. The number of carbonyl (C=O) groups excluding carboxylic acids is 2. The highest BCUT2D eigenvalue weighted by molar-refractivity contribution is 7.99. The first-order chi connectivity index (χ1) is 14.6. The van der Waals surface area contributed by atoms with Gasteiger partial charge in [0.25, 0.3) is 0 Å². The fourth-order valence-electron chi connectivity index (χ4n) is 2.95. The van der Waals surface area contributed by atoms with Crippen molar-refractivity contribution >= 4 is 35.2 Å². The summed E-state index contributed by atoms with van der Waals surface area (Å²) in [5.74, 6) is -0.0602. The van der Waals surface area contributed by atoms with E-state index in [4.69, 9.17) is 11.6 Å². The number of nitrogens with zero attached hydrogens (tertiary/aromatic N) is 1. The average Bonchev–Trinajstić information content (AvgIpc) is 2.70. The lowest BCUT2D eigenvalue weighted by atomic mass is 10.1. The summed E-state index contributed by atoms with van der Waals surface area (Å²) in [6, 6.07) is 13.2. The van der Waals surface area contributed by atoms with Gasteiger partial charge in [-0.2, -0.15) is 0 Å². The summed E-state index contributed by atoms with van der Waals surface area (Å²) in [5.41, 5.74) is -0.0328. The molecule has 0 aliphatic carbocycles. The quantitative estimate of drug-likeness (QED) is 0.383. The smallest absolute Gasteiger partial charge is 0.242 e.